The Morgan fingerprint density at radius 1 is 1.00 bits per heavy atom. The molecule has 0 amide bonds. The Labute approximate surface area is 103 Å². The van der Waals surface area contributed by atoms with Gasteiger partial charge in [-0.1, -0.05) is 36.4 Å². The lowest BCUT2D eigenvalue weighted by Gasteiger charge is -2.16. The van der Waals surface area contributed by atoms with Crippen molar-refractivity contribution in [2.24, 2.45) is 5.73 Å². The van der Waals surface area contributed by atoms with Crippen LogP contribution in [0.4, 0.5) is 0 Å². The molecule has 0 aliphatic carbocycles. The molecule has 88 valence electrons. The zero-order chi connectivity index (χ0) is 11.9. The highest BCUT2D eigenvalue weighted by Gasteiger charge is 2.13. The minimum absolute atomic E-state index is 0.362. The largest absolute Gasteiger partial charge is 0.330 e. The minimum atomic E-state index is 0.362. The minimum Gasteiger partial charge on any atom is -0.330 e. The summed E-state index contributed by atoms with van der Waals surface area (Å²) in [6, 6.07) is 16.6. The molecule has 1 heterocycles. The van der Waals surface area contributed by atoms with Crippen molar-refractivity contribution in [3.63, 3.8) is 0 Å². The third kappa shape index (κ3) is 3.14. The van der Waals surface area contributed by atoms with Crippen LogP contribution in [-0.2, 0) is 0 Å². The molecule has 2 N–H and O–H groups in total. The van der Waals surface area contributed by atoms with Crippen LogP contribution in [0.15, 0.2) is 54.7 Å². The number of nitrogens with two attached hydrogens (primary N) is 1. The lowest BCUT2D eigenvalue weighted by atomic mass is 9.91. The monoisotopic (exact) mass is 226 g/mol. The van der Waals surface area contributed by atoms with Crippen LogP contribution >= 0.6 is 0 Å². The molecule has 0 aliphatic rings. The van der Waals surface area contributed by atoms with Crippen LogP contribution in [-0.4, -0.2) is 11.5 Å². The molecule has 17 heavy (non-hydrogen) atoms. The predicted molar refractivity (Wildman–Crippen MR) is 70.8 cm³/mol. The zero-order valence-corrected chi connectivity index (χ0v) is 9.92. The van der Waals surface area contributed by atoms with Gasteiger partial charge in [0.05, 0.1) is 0 Å². The Morgan fingerprint density at radius 3 is 2.41 bits per heavy atom. The number of rotatable bonds is 5. The van der Waals surface area contributed by atoms with E-state index in [1.165, 1.54) is 5.56 Å². The second-order valence-electron chi connectivity index (χ2n) is 4.15. The molecule has 1 aromatic heterocycles. The summed E-state index contributed by atoms with van der Waals surface area (Å²) >= 11 is 0. The van der Waals surface area contributed by atoms with Crippen molar-refractivity contribution in [3.8, 4) is 0 Å². The molecular weight excluding hydrogens is 208 g/mol. The topological polar surface area (TPSA) is 38.9 Å². The molecular formula is C15H18N2. The van der Waals surface area contributed by atoms with Crippen molar-refractivity contribution in [1.82, 2.24) is 4.98 Å². The second kappa shape index (κ2) is 6.16. The average Bonchev–Trinajstić information content (AvgIpc) is 2.42. The van der Waals surface area contributed by atoms with Gasteiger partial charge in [0.25, 0.3) is 0 Å². The van der Waals surface area contributed by atoms with E-state index in [0.717, 1.165) is 25.1 Å². The first-order chi connectivity index (χ1) is 8.42. The number of aromatic nitrogens is 1. The van der Waals surface area contributed by atoms with E-state index in [0.29, 0.717) is 5.92 Å². The molecule has 0 spiro atoms. The standard InChI is InChI=1S/C15H18N2/c16-11-6-9-14(13-7-2-1-3-8-13)15-10-4-5-12-17-15/h1-5,7-8,10,12,14H,6,9,11,16H2. The van der Waals surface area contributed by atoms with Crippen LogP contribution in [0, 0.1) is 0 Å². The molecule has 0 bridgehead atoms. The molecule has 2 heteroatoms. The van der Waals surface area contributed by atoms with Crippen molar-refractivity contribution in [2.75, 3.05) is 6.54 Å². The van der Waals surface area contributed by atoms with Gasteiger partial charge >= 0.3 is 0 Å². The SMILES string of the molecule is NCCCC(c1ccccc1)c1ccccn1. The summed E-state index contributed by atoms with van der Waals surface area (Å²) in [5.74, 6) is 0.362. The summed E-state index contributed by atoms with van der Waals surface area (Å²) in [5, 5.41) is 0. The first-order valence-electron chi connectivity index (χ1n) is 6.08. The van der Waals surface area contributed by atoms with Gasteiger partial charge in [-0.05, 0) is 37.1 Å². The molecule has 1 atom stereocenters. The Morgan fingerprint density at radius 2 is 1.76 bits per heavy atom. The smallest absolute Gasteiger partial charge is 0.0478 e. The fourth-order valence-corrected chi connectivity index (χ4v) is 2.07. The van der Waals surface area contributed by atoms with Crippen LogP contribution < -0.4 is 5.73 Å². The van der Waals surface area contributed by atoms with Crippen molar-refractivity contribution in [1.29, 1.82) is 0 Å². The Kier molecular flexibility index (Phi) is 4.28. The van der Waals surface area contributed by atoms with Gasteiger partial charge < -0.3 is 5.73 Å². The summed E-state index contributed by atoms with van der Waals surface area (Å²) in [7, 11) is 0. The van der Waals surface area contributed by atoms with Crippen LogP contribution in [0.3, 0.4) is 0 Å². The van der Waals surface area contributed by atoms with Crippen molar-refractivity contribution >= 4 is 0 Å². The van der Waals surface area contributed by atoms with E-state index in [-0.39, 0.29) is 0 Å². The van der Waals surface area contributed by atoms with Crippen molar-refractivity contribution in [2.45, 2.75) is 18.8 Å². The van der Waals surface area contributed by atoms with Gasteiger partial charge in [-0.15, -0.1) is 0 Å². The third-order valence-corrected chi connectivity index (χ3v) is 2.94. The molecule has 2 aromatic rings. The Hall–Kier alpha value is -1.67. The molecule has 0 saturated carbocycles. The fourth-order valence-electron chi connectivity index (χ4n) is 2.07. The number of nitrogens with zero attached hydrogens (tertiary/aromatic N) is 1. The number of pyridine rings is 1. The molecule has 2 nitrogen and oxygen atoms in total. The first kappa shape index (κ1) is 11.8. The Balaban J connectivity index is 2.26. The average molecular weight is 226 g/mol. The number of benzene rings is 1. The molecule has 1 aromatic carbocycles. The third-order valence-electron chi connectivity index (χ3n) is 2.94. The van der Waals surface area contributed by atoms with Crippen molar-refractivity contribution in [3.05, 3.63) is 66.0 Å². The van der Waals surface area contributed by atoms with E-state index in [2.05, 4.69) is 35.3 Å². The second-order valence-corrected chi connectivity index (χ2v) is 4.15. The molecule has 2 rings (SSSR count). The maximum absolute atomic E-state index is 5.61. The summed E-state index contributed by atoms with van der Waals surface area (Å²) in [6.45, 7) is 0.732. The summed E-state index contributed by atoms with van der Waals surface area (Å²) in [4.78, 5) is 4.47. The lowest BCUT2D eigenvalue weighted by Crippen LogP contribution is -2.07. The first-order valence-corrected chi connectivity index (χ1v) is 6.08. The van der Waals surface area contributed by atoms with Gasteiger partial charge in [0.1, 0.15) is 0 Å². The lowest BCUT2D eigenvalue weighted by molar-refractivity contribution is 0.655. The predicted octanol–water partition coefficient (Wildman–Crippen LogP) is 2.95. The van der Waals surface area contributed by atoms with E-state index in [1.54, 1.807) is 0 Å². The highest BCUT2D eigenvalue weighted by molar-refractivity contribution is 5.28. The van der Waals surface area contributed by atoms with Gasteiger partial charge in [0.15, 0.2) is 0 Å². The Bertz CT molecular complexity index is 386. The quantitative estimate of drug-likeness (QED) is 0.851. The summed E-state index contributed by atoms with van der Waals surface area (Å²) in [5.41, 5.74) is 8.06. The van der Waals surface area contributed by atoms with Crippen LogP contribution in [0.25, 0.3) is 0 Å². The molecule has 1 unspecified atom stereocenters. The van der Waals surface area contributed by atoms with Crippen molar-refractivity contribution < 1.29 is 0 Å². The maximum atomic E-state index is 5.61. The van der Waals surface area contributed by atoms with Gasteiger partial charge in [-0.2, -0.15) is 0 Å². The van der Waals surface area contributed by atoms with Crippen LogP contribution in [0.1, 0.15) is 30.0 Å². The van der Waals surface area contributed by atoms with E-state index < -0.39 is 0 Å². The summed E-state index contributed by atoms with van der Waals surface area (Å²) in [6.07, 6.45) is 3.93. The zero-order valence-electron chi connectivity index (χ0n) is 9.92. The van der Waals surface area contributed by atoms with E-state index in [1.807, 2.05) is 24.4 Å². The molecule has 0 radical (unpaired) electrons. The van der Waals surface area contributed by atoms with Crippen LogP contribution in [0.2, 0.25) is 0 Å². The molecule has 0 aliphatic heterocycles. The molecule has 0 fully saturated rings. The molecule has 0 saturated heterocycles. The van der Waals surface area contributed by atoms with Gasteiger partial charge in [0, 0.05) is 17.8 Å². The highest BCUT2D eigenvalue weighted by atomic mass is 14.7. The fraction of sp³-hybridized carbons (Fsp3) is 0.267. The maximum Gasteiger partial charge on any atom is 0.0478 e. The number of hydrogen-bond donors (Lipinski definition) is 1. The highest BCUT2D eigenvalue weighted by Crippen LogP contribution is 2.27. The van der Waals surface area contributed by atoms with Crippen LogP contribution in [0.5, 0.6) is 0 Å². The normalized spacial score (nSPS) is 12.3. The van der Waals surface area contributed by atoms with E-state index in [4.69, 9.17) is 5.73 Å². The van der Waals surface area contributed by atoms with Gasteiger partial charge in [0.2, 0.25) is 0 Å². The van der Waals surface area contributed by atoms with Gasteiger partial charge in [-0.25, -0.2) is 0 Å². The van der Waals surface area contributed by atoms with E-state index >= 15 is 0 Å². The van der Waals surface area contributed by atoms with E-state index in [9.17, 15) is 0 Å². The summed E-state index contributed by atoms with van der Waals surface area (Å²) < 4.78 is 0. The number of hydrogen-bond acceptors (Lipinski definition) is 2. The van der Waals surface area contributed by atoms with Gasteiger partial charge in [-0.3, -0.25) is 4.98 Å².